The number of rotatable bonds is 7. The van der Waals surface area contributed by atoms with E-state index in [1.54, 1.807) is 24.3 Å². The fourth-order valence-electron chi connectivity index (χ4n) is 2.44. The number of phenols is 2. The van der Waals surface area contributed by atoms with E-state index < -0.39 is 11.8 Å². The minimum atomic E-state index is -0.402. The standard InChI is InChI=1S/C18H20N2O4/c19-17(23)7-3-11-1-5-15(21)13(9-11)14-10-12(2-6-16(14)22)4-8-18(20)24/h1-2,5-6,9-10,21-22H,3-4,7-8H2,(H2,19,23)(H2,20,24). The number of hydrogen-bond acceptors (Lipinski definition) is 4. The molecular formula is C18H20N2O4. The number of primary amides is 2. The van der Waals surface area contributed by atoms with Crippen molar-refractivity contribution in [2.75, 3.05) is 0 Å². The predicted octanol–water partition coefficient (Wildman–Crippen LogP) is 1.60. The normalized spacial score (nSPS) is 10.5. The van der Waals surface area contributed by atoms with Gasteiger partial charge >= 0.3 is 0 Å². The average Bonchev–Trinajstić information content (AvgIpc) is 2.53. The lowest BCUT2D eigenvalue weighted by Gasteiger charge is -2.11. The number of aryl methyl sites for hydroxylation is 2. The zero-order valence-electron chi connectivity index (χ0n) is 13.2. The zero-order valence-corrected chi connectivity index (χ0v) is 13.2. The highest BCUT2D eigenvalue weighted by atomic mass is 16.3. The van der Waals surface area contributed by atoms with E-state index in [1.807, 2.05) is 0 Å². The maximum atomic E-state index is 10.9. The van der Waals surface area contributed by atoms with Gasteiger partial charge in [0.05, 0.1) is 0 Å². The molecule has 2 amide bonds. The van der Waals surface area contributed by atoms with Crippen LogP contribution in [0.5, 0.6) is 11.5 Å². The first-order valence-corrected chi connectivity index (χ1v) is 7.57. The fourth-order valence-corrected chi connectivity index (χ4v) is 2.44. The van der Waals surface area contributed by atoms with Crippen molar-refractivity contribution in [2.24, 2.45) is 11.5 Å². The minimum Gasteiger partial charge on any atom is -0.507 e. The van der Waals surface area contributed by atoms with Crippen molar-refractivity contribution < 1.29 is 19.8 Å². The number of phenolic OH excluding ortho intramolecular Hbond substituents is 2. The van der Waals surface area contributed by atoms with Crippen LogP contribution in [0.4, 0.5) is 0 Å². The van der Waals surface area contributed by atoms with Gasteiger partial charge in [-0.1, -0.05) is 12.1 Å². The third kappa shape index (κ3) is 4.49. The summed E-state index contributed by atoms with van der Waals surface area (Å²) in [6, 6.07) is 9.87. The number of benzene rings is 2. The maximum absolute atomic E-state index is 10.9. The Balaban J connectivity index is 2.35. The number of hydrogen-bond donors (Lipinski definition) is 4. The molecule has 0 saturated carbocycles. The van der Waals surface area contributed by atoms with Crippen LogP contribution in [0, 0.1) is 0 Å². The molecule has 0 aromatic heterocycles. The Labute approximate surface area is 139 Å². The van der Waals surface area contributed by atoms with E-state index in [0.717, 1.165) is 11.1 Å². The van der Waals surface area contributed by atoms with E-state index in [2.05, 4.69) is 0 Å². The summed E-state index contributed by atoms with van der Waals surface area (Å²) in [7, 11) is 0. The fraction of sp³-hybridized carbons (Fsp3) is 0.222. The Morgan fingerprint density at radius 1 is 0.750 bits per heavy atom. The van der Waals surface area contributed by atoms with Crippen LogP contribution in [0.15, 0.2) is 36.4 Å². The van der Waals surface area contributed by atoms with E-state index in [4.69, 9.17) is 11.5 Å². The monoisotopic (exact) mass is 328 g/mol. The summed E-state index contributed by atoms with van der Waals surface area (Å²) in [5, 5.41) is 20.2. The number of nitrogens with two attached hydrogens (primary N) is 2. The van der Waals surface area contributed by atoms with E-state index in [1.165, 1.54) is 12.1 Å². The largest absolute Gasteiger partial charge is 0.507 e. The Bertz CT molecular complexity index is 706. The number of aromatic hydroxyl groups is 2. The molecule has 0 spiro atoms. The summed E-state index contributed by atoms with van der Waals surface area (Å²) in [5.74, 6) is -0.776. The van der Waals surface area contributed by atoms with Crippen LogP contribution in [0.3, 0.4) is 0 Å². The second-order valence-corrected chi connectivity index (χ2v) is 5.64. The number of carbonyl (C=O) groups is 2. The average molecular weight is 328 g/mol. The van der Waals surface area contributed by atoms with Crippen LogP contribution >= 0.6 is 0 Å². The van der Waals surface area contributed by atoms with Crippen molar-refractivity contribution in [3.8, 4) is 22.6 Å². The van der Waals surface area contributed by atoms with Crippen molar-refractivity contribution in [3.63, 3.8) is 0 Å². The van der Waals surface area contributed by atoms with Gasteiger partial charge in [0.2, 0.25) is 11.8 Å². The molecule has 0 fully saturated rings. The van der Waals surface area contributed by atoms with Gasteiger partial charge in [-0.3, -0.25) is 9.59 Å². The van der Waals surface area contributed by atoms with Crippen molar-refractivity contribution in [2.45, 2.75) is 25.7 Å². The van der Waals surface area contributed by atoms with Gasteiger partial charge in [0, 0.05) is 24.0 Å². The number of amides is 2. The first-order chi connectivity index (χ1) is 11.4. The molecule has 2 rings (SSSR count). The molecule has 24 heavy (non-hydrogen) atoms. The summed E-state index contributed by atoms with van der Waals surface area (Å²) in [4.78, 5) is 21.8. The molecular weight excluding hydrogens is 308 g/mol. The molecule has 0 aliphatic rings. The molecule has 0 aliphatic heterocycles. The summed E-state index contributed by atoms with van der Waals surface area (Å²) >= 11 is 0. The molecule has 6 nitrogen and oxygen atoms in total. The highest BCUT2D eigenvalue weighted by Gasteiger charge is 2.12. The summed E-state index contributed by atoms with van der Waals surface area (Å²) in [6.07, 6.45) is 1.30. The molecule has 0 atom stereocenters. The minimum absolute atomic E-state index is 0.0141. The van der Waals surface area contributed by atoms with Gasteiger partial charge in [-0.15, -0.1) is 0 Å². The lowest BCUT2D eigenvalue weighted by Crippen LogP contribution is -2.11. The van der Waals surface area contributed by atoms with Gasteiger partial charge in [-0.25, -0.2) is 0 Å². The molecule has 0 saturated heterocycles. The Morgan fingerprint density at radius 2 is 1.12 bits per heavy atom. The number of carbonyl (C=O) groups excluding carboxylic acids is 2. The summed E-state index contributed by atoms with van der Waals surface area (Å²) in [6.45, 7) is 0. The molecule has 0 radical (unpaired) electrons. The Kier molecular flexibility index (Phi) is 5.42. The van der Waals surface area contributed by atoms with Gasteiger partial charge in [0.25, 0.3) is 0 Å². The molecule has 2 aromatic carbocycles. The second-order valence-electron chi connectivity index (χ2n) is 5.64. The Morgan fingerprint density at radius 3 is 1.46 bits per heavy atom. The highest BCUT2D eigenvalue weighted by Crippen LogP contribution is 2.36. The van der Waals surface area contributed by atoms with Crippen LogP contribution in [-0.2, 0) is 22.4 Å². The van der Waals surface area contributed by atoms with Gasteiger partial charge < -0.3 is 21.7 Å². The molecule has 0 heterocycles. The molecule has 0 unspecified atom stereocenters. The Hall–Kier alpha value is -3.02. The molecule has 6 heteroatoms. The highest BCUT2D eigenvalue weighted by molar-refractivity contribution is 5.78. The van der Waals surface area contributed by atoms with Crippen LogP contribution in [-0.4, -0.2) is 22.0 Å². The zero-order chi connectivity index (χ0) is 17.7. The molecule has 0 aliphatic carbocycles. The van der Waals surface area contributed by atoms with E-state index >= 15 is 0 Å². The van der Waals surface area contributed by atoms with Crippen LogP contribution < -0.4 is 11.5 Å². The topological polar surface area (TPSA) is 127 Å². The van der Waals surface area contributed by atoms with Gasteiger partial charge in [0.1, 0.15) is 11.5 Å². The van der Waals surface area contributed by atoms with Crippen LogP contribution in [0.1, 0.15) is 24.0 Å². The van der Waals surface area contributed by atoms with Crippen LogP contribution in [0.2, 0.25) is 0 Å². The van der Waals surface area contributed by atoms with Crippen molar-refractivity contribution in [1.82, 2.24) is 0 Å². The first kappa shape index (κ1) is 17.3. The SMILES string of the molecule is NC(=O)CCc1ccc(O)c(-c2cc(CCC(N)=O)ccc2O)c1. The summed E-state index contributed by atoms with van der Waals surface area (Å²) < 4.78 is 0. The first-order valence-electron chi connectivity index (χ1n) is 7.57. The lowest BCUT2D eigenvalue weighted by molar-refractivity contribution is -0.118. The van der Waals surface area contributed by atoms with Gasteiger partial charge in [-0.2, -0.15) is 0 Å². The smallest absolute Gasteiger partial charge is 0.217 e. The van der Waals surface area contributed by atoms with Crippen LogP contribution in [0.25, 0.3) is 11.1 Å². The lowest BCUT2D eigenvalue weighted by atomic mass is 9.96. The second kappa shape index (κ2) is 7.50. The molecule has 0 bridgehead atoms. The molecule has 6 N–H and O–H groups in total. The van der Waals surface area contributed by atoms with E-state index in [9.17, 15) is 19.8 Å². The maximum Gasteiger partial charge on any atom is 0.217 e. The molecule has 126 valence electrons. The van der Waals surface area contributed by atoms with Crippen molar-refractivity contribution >= 4 is 11.8 Å². The summed E-state index contributed by atoms with van der Waals surface area (Å²) in [5.41, 5.74) is 12.9. The van der Waals surface area contributed by atoms with Crippen molar-refractivity contribution in [3.05, 3.63) is 47.5 Å². The van der Waals surface area contributed by atoms with E-state index in [-0.39, 0.29) is 24.3 Å². The molecule has 2 aromatic rings. The van der Waals surface area contributed by atoms with Gasteiger partial charge in [-0.05, 0) is 48.2 Å². The van der Waals surface area contributed by atoms with Gasteiger partial charge in [0.15, 0.2) is 0 Å². The van der Waals surface area contributed by atoms with Crippen molar-refractivity contribution in [1.29, 1.82) is 0 Å². The predicted molar refractivity (Wildman–Crippen MR) is 90.2 cm³/mol. The third-order valence-electron chi connectivity index (χ3n) is 3.73. The van der Waals surface area contributed by atoms with E-state index in [0.29, 0.717) is 24.0 Å². The third-order valence-corrected chi connectivity index (χ3v) is 3.73. The quantitative estimate of drug-likeness (QED) is 0.615.